The summed E-state index contributed by atoms with van der Waals surface area (Å²) in [5.74, 6) is 0.456. The number of oxazole rings is 1. The summed E-state index contributed by atoms with van der Waals surface area (Å²) in [6.45, 7) is 3.79. The fourth-order valence-electron chi connectivity index (χ4n) is 2.46. The van der Waals surface area contributed by atoms with Crippen LogP contribution in [0.4, 0.5) is 0 Å². The molecule has 3 aromatic rings. The second-order valence-electron chi connectivity index (χ2n) is 5.11. The zero-order chi connectivity index (χ0) is 15.5. The van der Waals surface area contributed by atoms with E-state index in [1.807, 2.05) is 74.5 Å². The topological polar surface area (TPSA) is 44.4 Å². The predicted molar refractivity (Wildman–Crippen MR) is 84.5 cm³/mol. The van der Waals surface area contributed by atoms with Crippen molar-refractivity contribution in [2.75, 3.05) is 0 Å². The van der Waals surface area contributed by atoms with Crippen LogP contribution in [0.15, 0.2) is 69.9 Å². The zero-order valence-corrected chi connectivity index (χ0v) is 12.5. The lowest BCUT2D eigenvalue weighted by atomic mass is 10.1. The Hall–Kier alpha value is -2.75. The fraction of sp³-hybridized carbons (Fsp3) is 0.167. The molecule has 2 aromatic carbocycles. The first-order valence-corrected chi connectivity index (χ1v) is 7.16. The molecular weight excluding hydrogens is 278 g/mol. The van der Waals surface area contributed by atoms with Crippen molar-refractivity contribution in [2.24, 2.45) is 0 Å². The minimum absolute atomic E-state index is 0.120. The van der Waals surface area contributed by atoms with Gasteiger partial charge in [-0.05, 0) is 31.5 Å². The SMILES string of the molecule is Cc1c(Oc2ccccc2)oc(=O)n1[C@@H](C)c1ccccc1. The van der Waals surface area contributed by atoms with E-state index in [-0.39, 0.29) is 12.0 Å². The van der Waals surface area contributed by atoms with Gasteiger partial charge in [-0.25, -0.2) is 4.79 Å². The van der Waals surface area contributed by atoms with Gasteiger partial charge in [0.1, 0.15) is 11.4 Å². The first-order chi connectivity index (χ1) is 10.7. The quantitative estimate of drug-likeness (QED) is 0.726. The first kappa shape index (κ1) is 14.2. The number of benzene rings is 2. The van der Waals surface area contributed by atoms with Gasteiger partial charge in [0, 0.05) is 0 Å². The lowest BCUT2D eigenvalue weighted by molar-refractivity contribution is 0.327. The molecule has 1 atom stereocenters. The molecule has 0 amide bonds. The Kier molecular flexibility index (Phi) is 3.83. The van der Waals surface area contributed by atoms with Crippen molar-refractivity contribution >= 4 is 0 Å². The monoisotopic (exact) mass is 295 g/mol. The molecule has 0 aliphatic heterocycles. The zero-order valence-electron chi connectivity index (χ0n) is 12.5. The van der Waals surface area contributed by atoms with Crippen LogP contribution in [-0.4, -0.2) is 4.57 Å². The van der Waals surface area contributed by atoms with Crippen molar-refractivity contribution in [3.05, 3.63) is 82.5 Å². The molecule has 112 valence electrons. The van der Waals surface area contributed by atoms with E-state index in [2.05, 4.69) is 0 Å². The Morgan fingerprint density at radius 1 is 1.00 bits per heavy atom. The molecule has 1 heterocycles. The predicted octanol–water partition coefficient (Wildman–Crippen LogP) is 4.15. The van der Waals surface area contributed by atoms with Crippen molar-refractivity contribution in [3.63, 3.8) is 0 Å². The highest BCUT2D eigenvalue weighted by Gasteiger charge is 2.20. The van der Waals surface area contributed by atoms with Crippen LogP contribution in [0.3, 0.4) is 0 Å². The Bertz CT molecular complexity index is 803. The summed E-state index contributed by atoms with van der Waals surface area (Å²) >= 11 is 0. The fourth-order valence-corrected chi connectivity index (χ4v) is 2.46. The van der Waals surface area contributed by atoms with Gasteiger partial charge in [0.25, 0.3) is 0 Å². The maximum atomic E-state index is 12.2. The van der Waals surface area contributed by atoms with Crippen LogP contribution >= 0.6 is 0 Å². The number of para-hydroxylation sites is 1. The molecule has 0 bridgehead atoms. The molecule has 0 aliphatic rings. The van der Waals surface area contributed by atoms with Gasteiger partial charge in [-0.2, -0.15) is 0 Å². The molecule has 0 N–H and O–H groups in total. The third kappa shape index (κ3) is 2.68. The van der Waals surface area contributed by atoms with Crippen LogP contribution in [0.25, 0.3) is 0 Å². The molecule has 4 heteroatoms. The largest absolute Gasteiger partial charge is 0.425 e. The third-order valence-electron chi connectivity index (χ3n) is 3.66. The van der Waals surface area contributed by atoms with Crippen LogP contribution < -0.4 is 10.5 Å². The number of hydrogen-bond acceptors (Lipinski definition) is 3. The van der Waals surface area contributed by atoms with Crippen molar-refractivity contribution in [2.45, 2.75) is 19.9 Å². The lowest BCUT2D eigenvalue weighted by Crippen LogP contribution is -2.20. The Morgan fingerprint density at radius 3 is 2.23 bits per heavy atom. The highest BCUT2D eigenvalue weighted by molar-refractivity contribution is 5.28. The summed E-state index contributed by atoms with van der Waals surface area (Å²) in [5.41, 5.74) is 1.71. The molecular formula is C18H17NO3. The summed E-state index contributed by atoms with van der Waals surface area (Å²) in [6, 6.07) is 19.0. The van der Waals surface area contributed by atoms with E-state index in [9.17, 15) is 4.79 Å². The van der Waals surface area contributed by atoms with Gasteiger partial charge < -0.3 is 9.15 Å². The minimum atomic E-state index is -0.417. The summed E-state index contributed by atoms with van der Waals surface area (Å²) in [5, 5.41) is 0. The molecule has 0 unspecified atom stereocenters. The van der Waals surface area contributed by atoms with Gasteiger partial charge in [-0.3, -0.25) is 4.57 Å². The van der Waals surface area contributed by atoms with Gasteiger partial charge in [0.15, 0.2) is 0 Å². The second-order valence-corrected chi connectivity index (χ2v) is 5.11. The number of aromatic nitrogens is 1. The maximum absolute atomic E-state index is 12.2. The first-order valence-electron chi connectivity index (χ1n) is 7.16. The highest BCUT2D eigenvalue weighted by Crippen LogP contribution is 2.27. The van der Waals surface area contributed by atoms with Gasteiger partial charge in [-0.15, -0.1) is 0 Å². The Labute approximate surface area is 128 Å². The number of rotatable bonds is 4. The van der Waals surface area contributed by atoms with Gasteiger partial charge in [0.2, 0.25) is 0 Å². The minimum Gasteiger partial charge on any atom is -0.425 e. The van der Waals surface area contributed by atoms with E-state index in [4.69, 9.17) is 9.15 Å². The number of ether oxygens (including phenoxy) is 1. The Balaban J connectivity index is 1.95. The summed E-state index contributed by atoms with van der Waals surface area (Å²) in [7, 11) is 0. The number of hydrogen-bond donors (Lipinski definition) is 0. The van der Waals surface area contributed by atoms with Crippen LogP contribution in [0.1, 0.15) is 24.2 Å². The van der Waals surface area contributed by atoms with Crippen molar-refractivity contribution in [1.29, 1.82) is 0 Å². The molecule has 1 aromatic heterocycles. The van der Waals surface area contributed by atoms with Crippen LogP contribution in [0.2, 0.25) is 0 Å². The van der Waals surface area contributed by atoms with E-state index < -0.39 is 5.76 Å². The van der Waals surface area contributed by atoms with Gasteiger partial charge in [0.05, 0.1) is 6.04 Å². The van der Waals surface area contributed by atoms with E-state index in [1.54, 1.807) is 4.57 Å². The van der Waals surface area contributed by atoms with E-state index in [0.29, 0.717) is 11.4 Å². The van der Waals surface area contributed by atoms with E-state index >= 15 is 0 Å². The Morgan fingerprint density at radius 2 is 1.59 bits per heavy atom. The van der Waals surface area contributed by atoms with Crippen LogP contribution in [0.5, 0.6) is 11.7 Å². The van der Waals surface area contributed by atoms with E-state index in [1.165, 1.54) is 0 Å². The molecule has 0 aliphatic carbocycles. The molecule has 4 nitrogen and oxygen atoms in total. The number of nitrogens with zero attached hydrogens (tertiary/aromatic N) is 1. The lowest BCUT2D eigenvalue weighted by Gasteiger charge is -2.13. The molecule has 0 spiro atoms. The standard InChI is InChI=1S/C18H17NO3/c1-13(15-9-5-3-6-10-15)19-14(2)17(22-18(19)20)21-16-11-7-4-8-12-16/h3-13H,1-2H3/t13-/m0/s1. The molecule has 0 radical (unpaired) electrons. The van der Waals surface area contributed by atoms with E-state index in [0.717, 1.165) is 5.56 Å². The van der Waals surface area contributed by atoms with Crippen LogP contribution in [0, 0.1) is 6.92 Å². The molecule has 3 rings (SSSR count). The molecule has 0 fully saturated rings. The van der Waals surface area contributed by atoms with Crippen molar-refractivity contribution in [1.82, 2.24) is 4.57 Å². The van der Waals surface area contributed by atoms with Crippen molar-refractivity contribution in [3.8, 4) is 11.7 Å². The normalized spacial score (nSPS) is 12.1. The highest BCUT2D eigenvalue weighted by atomic mass is 16.6. The summed E-state index contributed by atoms with van der Waals surface area (Å²) in [6.07, 6.45) is 0. The molecule has 0 saturated heterocycles. The summed E-state index contributed by atoms with van der Waals surface area (Å²) < 4.78 is 12.6. The average Bonchev–Trinajstić information content (AvgIpc) is 2.82. The van der Waals surface area contributed by atoms with Gasteiger partial charge >= 0.3 is 11.7 Å². The molecule has 0 saturated carbocycles. The van der Waals surface area contributed by atoms with Crippen molar-refractivity contribution < 1.29 is 9.15 Å². The van der Waals surface area contributed by atoms with Gasteiger partial charge in [-0.1, -0.05) is 48.5 Å². The summed E-state index contributed by atoms with van der Waals surface area (Å²) in [4.78, 5) is 12.2. The second kappa shape index (κ2) is 5.93. The third-order valence-corrected chi connectivity index (χ3v) is 3.66. The smallest absolute Gasteiger partial charge is 0.422 e. The van der Waals surface area contributed by atoms with Crippen LogP contribution in [-0.2, 0) is 0 Å². The maximum Gasteiger partial charge on any atom is 0.422 e. The molecule has 22 heavy (non-hydrogen) atoms. The average molecular weight is 295 g/mol.